The number of ether oxygens (including phenoxy) is 3. The largest absolute Gasteiger partial charge is 0.492 e. The Morgan fingerprint density at radius 3 is 2.86 bits per heavy atom. The Balaban J connectivity index is 1.50. The van der Waals surface area contributed by atoms with Crippen molar-refractivity contribution in [2.45, 2.75) is 32.4 Å². The van der Waals surface area contributed by atoms with Gasteiger partial charge in [-0.1, -0.05) is 18.2 Å². The second-order valence-corrected chi connectivity index (χ2v) is 7.12. The predicted octanol–water partition coefficient (Wildman–Crippen LogP) is 1.63. The van der Waals surface area contributed by atoms with Crippen LogP contribution in [0.3, 0.4) is 0 Å². The Kier molecular flexibility index (Phi) is 8.87. The molecule has 7 nitrogen and oxygen atoms in total. The van der Waals surface area contributed by atoms with Gasteiger partial charge in [-0.15, -0.1) is 0 Å². The number of hydrogen-bond donors (Lipinski definition) is 2. The molecule has 0 bridgehead atoms. The number of nitrogens with one attached hydrogen (secondary N) is 2. The minimum absolute atomic E-state index is 0.291. The molecule has 0 spiro atoms. The number of rotatable bonds is 9. The second-order valence-electron chi connectivity index (χ2n) is 7.12. The summed E-state index contributed by atoms with van der Waals surface area (Å²) >= 11 is 0. The van der Waals surface area contributed by atoms with Crippen LogP contribution < -0.4 is 15.4 Å². The number of aliphatic imine (C=N–C) groups is 1. The molecular formula is C21H34N4O3. The molecule has 0 saturated carbocycles. The third kappa shape index (κ3) is 6.96. The summed E-state index contributed by atoms with van der Waals surface area (Å²) in [5.74, 6) is 1.73. The van der Waals surface area contributed by atoms with Crippen LogP contribution in [0.25, 0.3) is 0 Å². The minimum Gasteiger partial charge on any atom is -0.492 e. The number of para-hydroxylation sites is 1. The second kappa shape index (κ2) is 11.9. The van der Waals surface area contributed by atoms with Crippen molar-refractivity contribution in [3.63, 3.8) is 0 Å². The van der Waals surface area contributed by atoms with Crippen molar-refractivity contribution in [2.75, 3.05) is 59.2 Å². The van der Waals surface area contributed by atoms with E-state index in [9.17, 15) is 0 Å². The molecule has 2 saturated heterocycles. The van der Waals surface area contributed by atoms with Gasteiger partial charge in [0.05, 0.1) is 25.9 Å². The standard InChI is InChI=1S/C21H34N4O3/c1-2-22-21(24-17-19-7-5-12-27-19)23-16-18-6-3-4-8-20(18)28-15-11-25-9-13-26-14-10-25/h3-4,6,8,19H,2,5,7,9-17H2,1H3,(H2,22,23,24). The molecule has 0 aliphatic carbocycles. The van der Waals surface area contributed by atoms with E-state index in [0.29, 0.717) is 19.3 Å². The molecule has 3 rings (SSSR count). The van der Waals surface area contributed by atoms with Gasteiger partial charge in [-0.3, -0.25) is 4.90 Å². The Morgan fingerprint density at radius 1 is 1.21 bits per heavy atom. The van der Waals surface area contributed by atoms with Gasteiger partial charge in [-0.05, 0) is 25.8 Å². The molecule has 156 valence electrons. The third-order valence-corrected chi connectivity index (χ3v) is 5.01. The van der Waals surface area contributed by atoms with E-state index in [1.165, 1.54) is 0 Å². The molecule has 7 heteroatoms. The van der Waals surface area contributed by atoms with Crippen molar-refractivity contribution in [1.29, 1.82) is 0 Å². The number of benzene rings is 1. The first-order valence-corrected chi connectivity index (χ1v) is 10.5. The topological polar surface area (TPSA) is 67.4 Å². The van der Waals surface area contributed by atoms with Crippen LogP contribution in [0.4, 0.5) is 0 Å². The molecule has 0 amide bonds. The molecule has 1 atom stereocenters. The smallest absolute Gasteiger partial charge is 0.191 e. The van der Waals surface area contributed by atoms with Gasteiger partial charge in [0.25, 0.3) is 0 Å². The first-order valence-electron chi connectivity index (χ1n) is 10.5. The highest BCUT2D eigenvalue weighted by Crippen LogP contribution is 2.19. The predicted molar refractivity (Wildman–Crippen MR) is 111 cm³/mol. The molecule has 2 aliphatic rings. The van der Waals surface area contributed by atoms with Gasteiger partial charge >= 0.3 is 0 Å². The lowest BCUT2D eigenvalue weighted by molar-refractivity contribution is 0.0322. The fourth-order valence-electron chi connectivity index (χ4n) is 3.41. The summed E-state index contributed by atoms with van der Waals surface area (Å²) in [4.78, 5) is 7.11. The number of guanidine groups is 1. The third-order valence-electron chi connectivity index (χ3n) is 5.01. The number of nitrogens with zero attached hydrogens (tertiary/aromatic N) is 2. The van der Waals surface area contributed by atoms with E-state index < -0.39 is 0 Å². The van der Waals surface area contributed by atoms with Crippen LogP contribution in [0.5, 0.6) is 5.75 Å². The highest BCUT2D eigenvalue weighted by molar-refractivity contribution is 5.79. The van der Waals surface area contributed by atoms with Crippen LogP contribution in [0, 0.1) is 0 Å². The average Bonchev–Trinajstić information content (AvgIpc) is 3.25. The molecule has 0 aromatic heterocycles. The van der Waals surface area contributed by atoms with Crippen molar-refractivity contribution in [3.8, 4) is 5.75 Å². The van der Waals surface area contributed by atoms with Crippen LogP contribution in [0.15, 0.2) is 29.3 Å². The van der Waals surface area contributed by atoms with Gasteiger partial charge in [0.15, 0.2) is 5.96 Å². The molecule has 1 aromatic carbocycles. The Bertz CT molecular complexity index is 599. The molecular weight excluding hydrogens is 356 g/mol. The van der Waals surface area contributed by atoms with Crippen molar-refractivity contribution < 1.29 is 14.2 Å². The SMILES string of the molecule is CCNC(=NCc1ccccc1OCCN1CCOCC1)NCC1CCCO1. The monoisotopic (exact) mass is 390 g/mol. The van der Waals surface area contributed by atoms with Crippen molar-refractivity contribution in [2.24, 2.45) is 4.99 Å². The summed E-state index contributed by atoms with van der Waals surface area (Å²) < 4.78 is 17.1. The van der Waals surface area contributed by atoms with Crippen LogP contribution in [0.1, 0.15) is 25.3 Å². The van der Waals surface area contributed by atoms with E-state index in [1.54, 1.807) is 0 Å². The van der Waals surface area contributed by atoms with E-state index in [2.05, 4.69) is 28.5 Å². The van der Waals surface area contributed by atoms with Crippen molar-refractivity contribution in [3.05, 3.63) is 29.8 Å². The van der Waals surface area contributed by atoms with E-state index >= 15 is 0 Å². The van der Waals surface area contributed by atoms with Gasteiger partial charge in [0.2, 0.25) is 0 Å². The maximum absolute atomic E-state index is 6.06. The van der Waals surface area contributed by atoms with Gasteiger partial charge < -0.3 is 24.8 Å². The van der Waals surface area contributed by atoms with Gasteiger partial charge in [-0.2, -0.15) is 0 Å². The van der Waals surface area contributed by atoms with Crippen LogP contribution in [0.2, 0.25) is 0 Å². The van der Waals surface area contributed by atoms with E-state index in [4.69, 9.17) is 19.2 Å². The maximum atomic E-state index is 6.06. The van der Waals surface area contributed by atoms with E-state index in [0.717, 1.165) is 82.7 Å². The molecule has 2 fully saturated rings. The molecule has 1 aromatic rings. The Labute approximate surface area is 168 Å². The summed E-state index contributed by atoms with van der Waals surface area (Å²) in [5.41, 5.74) is 1.10. The van der Waals surface area contributed by atoms with Crippen LogP contribution in [-0.2, 0) is 16.0 Å². The van der Waals surface area contributed by atoms with Crippen molar-refractivity contribution >= 4 is 5.96 Å². The normalized spacial score (nSPS) is 20.9. The van der Waals surface area contributed by atoms with Crippen molar-refractivity contribution in [1.82, 2.24) is 15.5 Å². The zero-order valence-electron chi connectivity index (χ0n) is 17.0. The van der Waals surface area contributed by atoms with Crippen LogP contribution >= 0.6 is 0 Å². The van der Waals surface area contributed by atoms with Gasteiger partial charge in [0, 0.05) is 44.9 Å². The lowest BCUT2D eigenvalue weighted by Gasteiger charge is -2.26. The first-order chi connectivity index (χ1) is 13.8. The highest BCUT2D eigenvalue weighted by Gasteiger charge is 2.15. The number of morpholine rings is 1. The number of hydrogen-bond acceptors (Lipinski definition) is 5. The fourth-order valence-corrected chi connectivity index (χ4v) is 3.41. The van der Waals surface area contributed by atoms with Crippen LogP contribution in [-0.4, -0.2) is 76.1 Å². The molecule has 2 N–H and O–H groups in total. The molecule has 0 radical (unpaired) electrons. The summed E-state index contributed by atoms with van der Waals surface area (Å²) in [7, 11) is 0. The lowest BCUT2D eigenvalue weighted by Crippen LogP contribution is -2.41. The first kappa shape index (κ1) is 20.9. The Hall–Kier alpha value is -1.83. The maximum Gasteiger partial charge on any atom is 0.191 e. The lowest BCUT2D eigenvalue weighted by atomic mass is 10.2. The summed E-state index contributed by atoms with van der Waals surface area (Å²) in [6.45, 7) is 10.4. The van der Waals surface area contributed by atoms with Gasteiger partial charge in [-0.25, -0.2) is 4.99 Å². The van der Waals surface area contributed by atoms with E-state index in [-0.39, 0.29) is 0 Å². The minimum atomic E-state index is 0.291. The fraction of sp³-hybridized carbons (Fsp3) is 0.667. The van der Waals surface area contributed by atoms with Gasteiger partial charge in [0.1, 0.15) is 12.4 Å². The summed E-state index contributed by atoms with van der Waals surface area (Å²) in [6, 6.07) is 8.15. The average molecular weight is 391 g/mol. The molecule has 2 aliphatic heterocycles. The highest BCUT2D eigenvalue weighted by atomic mass is 16.5. The summed E-state index contributed by atoms with van der Waals surface area (Å²) in [6.07, 6.45) is 2.56. The summed E-state index contributed by atoms with van der Waals surface area (Å²) in [5, 5.41) is 6.70. The molecule has 1 unspecified atom stereocenters. The molecule has 2 heterocycles. The van der Waals surface area contributed by atoms with E-state index in [1.807, 2.05) is 18.2 Å². The zero-order valence-corrected chi connectivity index (χ0v) is 17.0. The molecule has 28 heavy (non-hydrogen) atoms. The zero-order chi connectivity index (χ0) is 19.4. The Morgan fingerprint density at radius 2 is 2.07 bits per heavy atom. The quantitative estimate of drug-likeness (QED) is 0.494.